The molecule has 2 saturated carbocycles. The lowest BCUT2D eigenvalue weighted by Gasteiger charge is -2.52. The minimum Gasteiger partial charge on any atom is -0.0597 e. The molecule has 2 fully saturated rings. The molecule has 0 aromatic rings. The lowest BCUT2D eigenvalue weighted by Crippen LogP contribution is -2.42. The number of rotatable bonds is 0. The van der Waals surface area contributed by atoms with Gasteiger partial charge in [-0.1, -0.05) is 47.0 Å². The van der Waals surface area contributed by atoms with Gasteiger partial charge in [-0.15, -0.1) is 0 Å². The van der Waals surface area contributed by atoms with Crippen LogP contribution in [-0.4, -0.2) is 0 Å². The predicted octanol–water partition coefficient (Wildman–Crippen LogP) is 4.64. The van der Waals surface area contributed by atoms with E-state index in [0.29, 0.717) is 10.8 Å². The van der Waals surface area contributed by atoms with Crippen molar-refractivity contribution in [2.45, 2.75) is 66.2 Å². The van der Waals surface area contributed by atoms with E-state index in [1.807, 2.05) is 0 Å². The number of hydrogen-bond donors (Lipinski definition) is 0. The summed E-state index contributed by atoms with van der Waals surface area (Å²) in [7, 11) is 0. The van der Waals surface area contributed by atoms with Crippen LogP contribution in [0.2, 0.25) is 0 Å². The Labute approximate surface area is 89.5 Å². The van der Waals surface area contributed by atoms with Crippen LogP contribution < -0.4 is 0 Å². The summed E-state index contributed by atoms with van der Waals surface area (Å²) in [5.41, 5.74) is 1.11. The summed E-state index contributed by atoms with van der Waals surface area (Å²) in [4.78, 5) is 0. The highest BCUT2D eigenvalue weighted by Crippen LogP contribution is 2.55. The third kappa shape index (κ3) is 1.73. The zero-order valence-electron chi connectivity index (χ0n) is 10.4. The van der Waals surface area contributed by atoms with E-state index in [1.54, 1.807) is 6.42 Å². The van der Waals surface area contributed by atoms with Crippen LogP contribution in [0.25, 0.3) is 0 Å². The van der Waals surface area contributed by atoms with E-state index in [4.69, 9.17) is 0 Å². The molecular weight excluding hydrogens is 168 g/mol. The summed E-state index contributed by atoms with van der Waals surface area (Å²) < 4.78 is 0. The monoisotopic (exact) mass is 194 g/mol. The van der Waals surface area contributed by atoms with Gasteiger partial charge in [-0.3, -0.25) is 0 Å². The predicted molar refractivity (Wildman–Crippen MR) is 62.2 cm³/mol. The van der Waals surface area contributed by atoms with Crippen molar-refractivity contribution in [2.75, 3.05) is 0 Å². The van der Waals surface area contributed by atoms with Crippen LogP contribution in [-0.2, 0) is 0 Å². The van der Waals surface area contributed by atoms with Crippen LogP contribution in [0.4, 0.5) is 0 Å². The van der Waals surface area contributed by atoms with Crippen LogP contribution in [0.3, 0.4) is 0 Å². The van der Waals surface area contributed by atoms with Gasteiger partial charge in [0.25, 0.3) is 0 Å². The summed E-state index contributed by atoms with van der Waals surface area (Å²) in [5.74, 6) is 2.12. The Hall–Kier alpha value is 0. The first-order valence-electron chi connectivity index (χ1n) is 6.41. The first-order chi connectivity index (χ1) is 6.41. The van der Waals surface area contributed by atoms with E-state index < -0.39 is 0 Å². The average Bonchev–Trinajstić information content (AvgIpc) is 2.00. The van der Waals surface area contributed by atoms with E-state index in [-0.39, 0.29) is 0 Å². The van der Waals surface area contributed by atoms with Crippen molar-refractivity contribution in [2.24, 2.45) is 22.7 Å². The molecule has 2 atom stereocenters. The summed E-state index contributed by atoms with van der Waals surface area (Å²) >= 11 is 0. The Morgan fingerprint density at radius 2 is 1.50 bits per heavy atom. The van der Waals surface area contributed by atoms with Crippen LogP contribution in [0.5, 0.6) is 0 Å². The largest absolute Gasteiger partial charge is 0.0597 e. The molecule has 2 rings (SSSR count). The molecule has 0 nitrogen and oxygen atoms in total. The highest BCUT2D eigenvalue weighted by atomic mass is 14.5. The van der Waals surface area contributed by atoms with Crippen molar-refractivity contribution in [1.82, 2.24) is 0 Å². The highest BCUT2D eigenvalue weighted by Gasteiger charge is 2.45. The second-order valence-corrected chi connectivity index (χ2v) is 7.12. The topological polar surface area (TPSA) is 0 Å². The SMILES string of the molecule is CC(C)(C)C1(C)CC2CCCC(C2)C1. The van der Waals surface area contributed by atoms with Gasteiger partial charge in [-0.25, -0.2) is 0 Å². The zero-order valence-corrected chi connectivity index (χ0v) is 10.4. The second-order valence-electron chi connectivity index (χ2n) is 7.12. The zero-order chi connectivity index (χ0) is 10.4. The molecular formula is C14H26. The molecule has 2 aliphatic carbocycles. The molecule has 0 aromatic heterocycles. The fourth-order valence-electron chi connectivity index (χ4n) is 3.74. The van der Waals surface area contributed by atoms with E-state index in [9.17, 15) is 0 Å². The summed E-state index contributed by atoms with van der Waals surface area (Å²) in [6.07, 6.45) is 9.07. The maximum absolute atomic E-state index is 2.54. The molecule has 0 heterocycles. The van der Waals surface area contributed by atoms with Crippen molar-refractivity contribution in [1.29, 1.82) is 0 Å². The molecule has 0 N–H and O–H groups in total. The van der Waals surface area contributed by atoms with Gasteiger partial charge in [-0.05, 0) is 41.9 Å². The Morgan fingerprint density at radius 1 is 1.00 bits per heavy atom. The third-order valence-electron chi connectivity index (χ3n) is 5.18. The van der Waals surface area contributed by atoms with E-state index in [2.05, 4.69) is 27.7 Å². The standard InChI is InChI=1S/C14H26/c1-13(2,3)14(4)9-11-6-5-7-12(8-11)10-14/h11-12H,5-10H2,1-4H3. The minimum absolute atomic E-state index is 0.501. The van der Waals surface area contributed by atoms with Gasteiger partial charge in [0.1, 0.15) is 0 Å². The normalized spacial score (nSPS) is 43.7. The lowest BCUT2D eigenvalue weighted by molar-refractivity contribution is -0.0149. The van der Waals surface area contributed by atoms with Crippen LogP contribution in [0.1, 0.15) is 66.2 Å². The van der Waals surface area contributed by atoms with Crippen molar-refractivity contribution in [3.05, 3.63) is 0 Å². The Bertz CT molecular complexity index is 197. The van der Waals surface area contributed by atoms with Crippen molar-refractivity contribution >= 4 is 0 Å². The number of hydrogen-bond acceptors (Lipinski definition) is 0. The van der Waals surface area contributed by atoms with E-state index in [1.165, 1.54) is 32.1 Å². The molecule has 2 bridgehead atoms. The van der Waals surface area contributed by atoms with Gasteiger partial charge in [0.05, 0.1) is 0 Å². The molecule has 0 radical (unpaired) electrons. The second kappa shape index (κ2) is 3.25. The fraction of sp³-hybridized carbons (Fsp3) is 1.00. The first kappa shape index (κ1) is 10.5. The van der Waals surface area contributed by atoms with Gasteiger partial charge < -0.3 is 0 Å². The van der Waals surface area contributed by atoms with E-state index >= 15 is 0 Å². The average molecular weight is 194 g/mol. The van der Waals surface area contributed by atoms with Gasteiger partial charge in [0.2, 0.25) is 0 Å². The summed E-state index contributed by atoms with van der Waals surface area (Å²) in [5, 5.41) is 0. The molecule has 82 valence electrons. The molecule has 2 aliphatic rings. The molecule has 0 aromatic carbocycles. The first-order valence-corrected chi connectivity index (χ1v) is 6.41. The van der Waals surface area contributed by atoms with Crippen molar-refractivity contribution in [3.8, 4) is 0 Å². The Morgan fingerprint density at radius 3 is 1.93 bits per heavy atom. The van der Waals surface area contributed by atoms with Gasteiger partial charge >= 0.3 is 0 Å². The minimum atomic E-state index is 0.501. The highest BCUT2D eigenvalue weighted by molar-refractivity contribution is 4.95. The smallest absolute Gasteiger partial charge is 0.0272 e. The lowest BCUT2D eigenvalue weighted by atomic mass is 9.53. The van der Waals surface area contributed by atoms with Crippen molar-refractivity contribution < 1.29 is 0 Å². The maximum Gasteiger partial charge on any atom is -0.0272 e. The molecule has 0 aliphatic heterocycles. The molecule has 0 amide bonds. The Balaban J connectivity index is 2.15. The summed E-state index contributed by atoms with van der Waals surface area (Å²) in [6, 6.07) is 0. The van der Waals surface area contributed by atoms with Gasteiger partial charge in [0.15, 0.2) is 0 Å². The fourth-order valence-corrected chi connectivity index (χ4v) is 3.74. The molecule has 0 heteroatoms. The van der Waals surface area contributed by atoms with Crippen LogP contribution in [0, 0.1) is 22.7 Å². The number of fused-ring (bicyclic) bond motifs is 2. The van der Waals surface area contributed by atoms with E-state index in [0.717, 1.165) is 11.8 Å². The van der Waals surface area contributed by atoms with Crippen LogP contribution in [0.15, 0.2) is 0 Å². The molecule has 2 unspecified atom stereocenters. The molecule has 0 spiro atoms. The van der Waals surface area contributed by atoms with Crippen LogP contribution >= 0.6 is 0 Å². The van der Waals surface area contributed by atoms with Crippen molar-refractivity contribution in [3.63, 3.8) is 0 Å². The third-order valence-corrected chi connectivity index (χ3v) is 5.18. The quantitative estimate of drug-likeness (QED) is 0.527. The Kier molecular flexibility index (Phi) is 2.44. The van der Waals surface area contributed by atoms with Gasteiger partial charge in [-0.2, -0.15) is 0 Å². The maximum atomic E-state index is 2.54. The summed E-state index contributed by atoms with van der Waals surface area (Å²) in [6.45, 7) is 9.85. The molecule has 14 heavy (non-hydrogen) atoms. The molecule has 0 saturated heterocycles. The van der Waals surface area contributed by atoms with Gasteiger partial charge in [0, 0.05) is 0 Å².